The molecule has 2 aromatic rings. The van der Waals surface area contributed by atoms with Gasteiger partial charge in [0.1, 0.15) is 29.5 Å². The molecule has 0 spiro atoms. The Kier molecular flexibility index (Phi) is 7.15. The summed E-state index contributed by atoms with van der Waals surface area (Å²) in [6, 6.07) is 4.91. The van der Waals surface area contributed by atoms with Crippen LogP contribution in [0, 0.1) is 0 Å². The summed E-state index contributed by atoms with van der Waals surface area (Å²) in [4.78, 5) is 24.3. The zero-order valence-electron chi connectivity index (χ0n) is 19.9. The SMILES string of the molecule is CC(=O)OC1(C)CC(=O)c2c(cc3cc(OCC=C(C)CCC=C(C)C)cc(O)c3c2O)C1. The van der Waals surface area contributed by atoms with Gasteiger partial charge in [0, 0.05) is 19.4 Å². The van der Waals surface area contributed by atoms with Crippen molar-refractivity contribution in [1.82, 2.24) is 0 Å². The molecule has 1 atom stereocenters. The molecule has 3 rings (SSSR count). The van der Waals surface area contributed by atoms with Gasteiger partial charge in [-0.25, -0.2) is 0 Å². The van der Waals surface area contributed by atoms with Crippen LogP contribution < -0.4 is 4.74 Å². The number of hydrogen-bond donors (Lipinski definition) is 2. The lowest BCUT2D eigenvalue weighted by atomic mass is 9.79. The molecule has 0 fully saturated rings. The molecular formula is C27H32O6. The Morgan fingerprint density at radius 3 is 2.48 bits per heavy atom. The number of ether oxygens (including phenoxy) is 2. The van der Waals surface area contributed by atoms with E-state index in [1.807, 2.05) is 6.08 Å². The topological polar surface area (TPSA) is 93.1 Å². The third kappa shape index (κ3) is 5.75. The van der Waals surface area contributed by atoms with Crippen molar-refractivity contribution < 1.29 is 29.3 Å². The monoisotopic (exact) mass is 452 g/mol. The average molecular weight is 453 g/mol. The quantitative estimate of drug-likeness (QED) is 0.409. The smallest absolute Gasteiger partial charge is 0.303 e. The summed E-state index contributed by atoms with van der Waals surface area (Å²) in [6.07, 6.45) is 6.40. The Morgan fingerprint density at radius 1 is 1.09 bits per heavy atom. The van der Waals surface area contributed by atoms with E-state index in [0.717, 1.165) is 12.8 Å². The van der Waals surface area contributed by atoms with Crippen molar-refractivity contribution >= 4 is 22.5 Å². The van der Waals surface area contributed by atoms with Gasteiger partial charge in [-0.3, -0.25) is 9.59 Å². The largest absolute Gasteiger partial charge is 0.507 e. The van der Waals surface area contributed by atoms with E-state index >= 15 is 0 Å². The van der Waals surface area contributed by atoms with E-state index < -0.39 is 11.6 Å². The lowest BCUT2D eigenvalue weighted by Gasteiger charge is -2.33. The molecule has 6 nitrogen and oxygen atoms in total. The maximum absolute atomic E-state index is 12.8. The van der Waals surface area contributed by atoms with Crippen molar-refractivity contribution in [3.63, 3.8) is 0 Å². The maximum atomic E-state index is 12.8. The minimum atomic E-state index is -0.972. The summed E-state index contributed by atoms with van der Waals surface area (Å²) in [5.41, 5.74) is 2.29. The number of carbonyl (C=O) groups excluding carboxylic acids is 2. The first-order valence-corrected chi connectivity index (χ1v) is 11.2. The summed E-state index contributed by atoms with van der Waals surface area (Å²) >= 11 is 0. The Hall–Kier alpha value is -3.28. The highest BCUT2D eigenvalue weighted by Gasteiger charge is 2.39. The summed E-state index contributed by atoms with van der Waals surface area (Å²) < 4.78 is 11.2. The van der Waals surface area contributed by atoms with E-state index in [-0.39, 0.29) is 41.1 Å². The highest BCUT2D eigenvalue weighted by Crippen LogP contribution is 2.44. The highest BCUT2D eigenvalue weighted by molar-refractivity contribution is 6.09. The summed E-state index contributed by atoms with van der Waals surface area (Å²) in [7, 11) is 0. The van der Waals surface area contributed by atoms with Gasteiger partial charge in [-0.1, -0.05) is 17.2 Å². The fourth-order valence-corrected chi connectivity index (χ4v) is 4.35. The number of Topliss-reactive ketones (excluding diaryl/α,β-unsaturated/α-hetero) is 1. The van der Waals surface area contributed by atoms with E-state index in [1.54, 1.807) is 19.1 Å². The van der Waals surface area contributed by atoms with Gasteiger partial charge < -0.3 is 19.7 Å². The van der Waals surface area contributed by atoms with Crippen LogP contribution in [0.5, 0.6) is 17.2 Å². The number of benzene rings is 2. The minimum Gasteiger partial charge on any atom is -0.507 e. The molecule has 0 bridgehead atoms. The van der Waals surface area contributed by atoms with Gasteiger partial charge in [0.05, 0.1) is 17.4 Å². The Labute approximate surface area is 194 Å². The van der Waals surface area contributed by atoms with Crippen molar-refractivity contribution in [1.29, 1.82) is 0 Å². The fraction of sp³-hybridized carbons (Fsp3) is 0.407. The molecule has 1 aliphatic rings. The molecule has 1 aliphatic carbocycles. The van der Waals surface area contributed by atoms with Crippen LogP contribution in [-0.2, 0) is 16.0 Å². The standard InChI is InChI=1S/C27H32O6/c1-16(2)7-6-8-17(3)9-10-32-21-12-19-11-20-14-27(5,33-18(4)28)15-23(30)25(20)26(31)24(19)22(29)13-21/h7,9,11-13,29,31H,6,8,10,14-15H2,1-5H3. The molecule has 0 saturated carbocycles. The maximum Gasteiger partial charge on any atom is 0.303 e. The van der Waals surface area contributed by atoms with Crippen molar-refractivity contribution in [3.05, 3.63) is 52.6 Å². The molecule has 0 amide bonds. The second kappa shape index (κ2) is 9.69. The first-order chi connectivity index (χ1) is 15.5. The van der Waals surface area contributed by atoms with Gasteiger partial charge in [-0.2, -0.15) is 0 Å². The number of hydrogen-bond acceptors (Lipinski definition) is 6. The van der Waals surface area contributed by atoms with E-state index in [4.69, 9.17) is 9.47 Å². The summed E-state index contributed by atoms with van der Waals surface area (Å²) in [5.74, 6) is -0.744. The predicted octanol–water partition coefficient (Wildman–Crippen LogP) is 5.77. The molecule has 0 heterocycles. The van der Waals surface area contributed by atoms with Crippen LogP contribution in [-0.4, -0.2) is 34.2 Å². The number of rotatable bonds is 7. The molecule has 0 saturated heterocycles. The summed E-state index contributed by atoms with van der Waals surface area (Å²) in [6.45, 7) is 9.58. The molecule has 2 N–H and O–H groups in total. The van der Waals surface area contributed by atoms with E-state index in [2.05, 4.69) is 26.8 Å². The van der Waals surface area contributed by atoms with Crippen molar-refractivity contribution in [3.8, 4) is 17.2 Å². The van der Waals surface area contributed by atoms with Crippen molar-refractivity contribution in [2.75, 3.05) is 6.61 Å². The third-order valence-electron chi connectivity index (χ3n) is 5.79. The number of aromatic hydroxyl groups is 2. The van der Waals surface area contributed by atoms with E-state index in [0.29, 0.717) is 23.3 Å². The normalized spacial score (nSPS) is 18.1. The zero-order chi connectivity index (χ0) is 24.3. The van der Waals surface area contributed by atoms with Crippen LogP contribution in [0.2, 0.25) is 0 Å². The predicted molar refractivity (Wildman–Crippen MR) is 128 cm³/mol. The minimum absolute atomic E-state index is 0.0279. The number of allylic oxidation sites excluding steroid dienone is 3. The Morgan fingerprint density at radius 2 is 1.82 bits per heavy atom. The molecule has 6 heteroatoms. The number of fused-ring (bicyclic) bond motifs is 2. The van der Waals surface area contributed by atoms with E-state index in [9.17, 15) is 19.8 Å². The highest BCUT2D eigenvalue weighted by atomic mass is 16.6. The van der Waals surface area contributed by atoms with Gasteiger partial charge >= 0.3 is 5.97 Å². The zero-order valence-corrected chi connectivity index (χ0v) is 19.9. The Balaban J connectivity index is 1.87. The third-order valence-corrected chi connectivity index (χ3v) is 5.79. The lowest BCUT2D eigenvalue weighted by Crippen LogP contribution is -2.40. The number of esters is 1. The van der Waals surface area contributed by atoms with Crippen LogP contribution in [0.25, 0.3) is 10.8 Å². The van der Waals surface area contributed by atoms with E-state index in [1.165, 1.54) is 24.1 Å². The van der Waals surface area contributed by atoms with Gasteiger partial charge in [-0.05, 0) is 69.7 Å². The molecule has 0 radical (unpaired) electrons. The lowest BCUT2D eigenvalue weighted by molar-refractivity contribution is -0.155. The second-order valence-corrected chi connectivity index (χ2v) is 9.30. The molecule has 176 valence electrons. The second-order valence-electron chi connectivity index (χ2n) is 9.30. The number of carbonyl (C=O) groups is 2. The van der Waals surface area contributed by atoms with Crippen molar-refractivity contribution in [2.24, 2.45) is 0 Å². The van der Waals surface area contributed by atoms with Crippen LogP contribution in [0.15, 0.2) is 41.5 Å². The number of phenols is 2. The van der Waals surface area contributed by atoms with Gasteiger partial charge in [-0.15, -0.1) is 0 Å². The number of ketones is 1. The Bertz CT molecular complexity index is 1150. The average Bonchev–Trinajstić information content (AvgIpc) is 2.65. The van der Waals surface area contributed by atoms with Crippen LogP contribution in [0.3, 0.4) is 0 Å². The first-order valence-electron chi connectivity index (χ1n) is 11.2. The van der Waals surface area contributed by atoms with Crippen molar-refractivity contribution in [2.45, 2.75) is 65.9 Å². The van der Waals surface area contributed by atoms with Gasteiger partial charge in [0.2, 0.25) is 0 Å². The summed E-state index contributed by atoms with van der Waals surface area (Å²) in [5, 5.41) is 22.1. The molecule has 0 aliphatic heterocycles. The molecule has 33 heavy (non-hydrogen) atoms. The van der Waals surface area contributed by atoms with Crippen LogP contribution >= 0.6 is 0 Å². The molecule has 0 aromatic heterocycles. The number of phenolic OH excluding ortho intramolecular Hbond substituents is 2. The molecule has 1 unspecified atom stereocenters. The van der Waals surface area contributed by atoms with Crippen LogP contribution in [0.1, 0.15) is 69.8 Å². The fourth-order valence-electron chi connectivity index (χ4n) is 4.35. The van der Waals surface area contributed by atoms with Gasteiger partial charge in [0.15, 0.2) is 5.78 Å². The van der Waals surface area contributed by atoms with Gasteiger partial charge in [0.25, 0.3) is 0 Å². The van der Waals surface area contributed by atoms with Crippen LogP contribution in [0.4, 0.5) is 0 Å². The first kappa shape index (κ1) is 24.4. The molecular weight excluding hydrogens is 420 g/mol. The molecule has 2 aromatic carbocycles.